The molecule has 0 unspecified atom stereocenters. The molecule has 4 aromatic rings. The van der Waals surface area contributed by atoms with Gasteiger partial charge in [-0.05, 0) is 50.1 Å². The van der Waals surface area contributed by atoms with Crippen LogP contribution in [0.2, 0.25) is 0 Å². The Morgan fingerprint density at radius 3 is 2.57 bits per heavy atom. The average molecular weight is 399 g/mol. The van der Waals surface area contributed by atoms with Crippen LogP contribution in [0.1, 0.15) is 29.3 Å². The van der Waals surface area contributed by atoms with Gasteiger partial charge in [0.05, 0.1) is 17.8 Å². The summed E-state index contributed by atoms with van der Waals surface area (Å²) in [5, 5.41) is 0. The third-order valence-corrected chi connectivity index (χ3v) is 5.35. The highest BCUT2D eigenvalue weighted by molar-refractivity contribution is 5.81. The van der Waals surface area contributed by atoms with Gasteiger partial charge in [0, 0.05) is 37.2 Å². The van der Waals surface area contributed by atoms with Crippen molar-refractivity contribution in [2.45, 2.75) is 33.7 Å². The zero-order chi connectivity index (χ0) is 21.1. The van der Waals surface area contributed by atoms with E-state index < -0.39 is 0 Å². The molecule has 1 amide bonds. The van der Waals surface area contributed by atoms with Crippen LogP contribution in [0, 0.1) is 13.8 Å². The first-order valence-electron chi connectivity index (χ1n) is 10.3. The van der Waals surface area contributed by atoms with Crippen molar-refractivity contribution >= 4 is 11.6 Å². The largest absolute Gasteiger partial charge is 0.338 e. The molecule has 0 bridgehead atoms. The molecule has 4 rings (SSSR count). The van der Waals surface area contributed by atoms with E-state index in [0.29, 0.717) is 19.5 Å². The van der Waals surface area contributed by atoms with Crippen molar-refractivity contribution in [3.8, 4) is 11.3 Å². The Kier molecular flexibility index (Phi) is 5.61. The highest BCUT2D eigenvalue weighted by Gasteiger charge is 2.20. The highest BCUT2D eigenvalue weighted by atomic mass is 16.2. The topological polar surface area (TPSA) is 50.5 Å². The molecule has 0 fully saturated rings. The molecule has 3 heterocycles. The van der Waals surface area contributed by atoms with Crippen LogP contribution in [-0.4, -0.2) is 31.7 Å². The lowest BCUT2D eigenvalue weighted by molar-refractivity contribution is -0.130. The zero-order valence-electron chi connectivity index (χ0n) is 17.7. The molecule has 0 aliphatic carbocycles. The van der Waals surface area contributed by atoms with Gasteiger partial charge >= 0.3 is 0 Å². The second-order valence-corrected chi connectivity index (χ2v) is 7.65. The number of carbonyl (C=O) groups excluding carboxylic acids is 1. The van der Waals surface area contributed by atoms with Crippen molar-refractivity contribution in [1.29, 1.82) is 0 Å². The van der Waals surface area contributed by atoms with Gasteiger partial charge in [0.2, 0.25) is 5.91 Å². The van der Waals surface area contributed by atoms with Gasteiger partial charge in [-0.25, -0.2) is 4.98 Å². The Bertz CT molecular complexity index is 1160. The van der Waals surface area contributed by atoms with Gasteiger partial charge < -0.3 is 9.30 Å². The second-order valence-electron chi connectivity index (χ2n) is 7.65. The van der Waals surface area contributed by atoms with Crippen LogP contribution in [0.3, 0.4) is 0 Å². The molecule has 0 atom stereocenters. The number of hydrogen-bond acceptors (Lipinski definition) is 3. The SMILES string of the molecule is CCN(Cc1cccnc1)C(=O)Cc1c(-c2ccc(C)cc2)nc2cc(C)ccn12. The van der Waals surface area contributed by atoms with E-state index in [1.807, 2.05) is 40.8 Å². The molecule has 0 N–H and O–H groups in total. The van der Waals surface area contributed by atoms with E-state index in [2.05, 4.69) is 55.2 Å². The summed E-state index contributed by atoms with van der Waals surface area (Å²) in [5.74, 6) is 0.0806. The van der Waals surface area contributed by atoms with E-state index in [9.17, 15) is 4.79 Å². The van der Waals surface area contributed by atoms with E-state index in [0.717, 1.165) is 33.7 Å². The predicted octanol–water partition coefficient (Wildman–Crippen LogP) is 4.60. The van der Waals surface area contributed by atoms with Crippen LogP contribution in [0.15, 0.2) is 67.1 Å². The minimum atomic E-state index is 0.0806. The third kappa shape index (κ3) is 4.10. The van der Waals surface area contributed by atoms with Crippen LogP contribution in [0.5, 0.6) is 0 Å². The summed E-state index contributed by atoms with van der Waals surface area (Å²) < 4.78 is 2.04. The summed E-state index contributed by atoms with van der Waals surface area (Å²) in [6.07, 6.45) is 5.86. The predicted molar refractivity (Wildman–Crippen MR) is 119 cm³/mol. The molecule has 0 spiro atoms. The normalized spacial score (nSPS) is 11.0. The van der Waals surface area contributed by atoms with E-state index in [1.54, 1.807) is 6.20 Å². The lowest BCUT2D eigenvalue weighted by Crippen LogP contribution is -2.32. The number of carbonyl (C=O) groups is 1. The Morgan fingerprint density at radius 1 is 1.07 bits per heavy atom. The van der Waals surface area contributed by atoms with E-state index in [-0.39, 0.29) is 5.91 Å². The molecule has 0 aliphatic heterocycles. The second kappa shape index (κ2) is 8.49. The number of aromatic nitrogens is 3. The molecular formula is C25H26N4O. The fourth-order valence-corrected chi connectivity index (χ4v) is 3.65. The van der Waals surface area contributed by atoms with Gasteiger partial charge in [0.15, 0.2) is 0 Å². The first kappa shape index (κ1) is 19.8. The van der Waals surface area contributed by atoms with Crippen molar-refractivity contribution in [2.75, 3.05) is 6.54 Å². The average Bonchev–Trinajstić information content (AvgIpc) is 3.10. The third-order valence-electron chi connectivity index (χ3n) is 5.35. The number of rotatable bonds is 6. The van der Waals surface area contributed by atoms with Crippen molar-refractivity contribution < 1.29 is 4.79 Å². The van der Waals surface area contributed by atoms with Crippen molar-refractivity contribution in [1.82, 2.24) is 19.3 Å². The van der Waals surface area contributed by atoms with Gasteiger partial charge in [-0.1, -0.05) is 35.9 Å². The number of fused-ring (bicyclic) bond motifs is 1. The number of nitrogens with zero attached hydrogens (tertiary/aromatic N) is 4. The highest BCUT2D eigenvalue weighted by Crippen LogP contribution is 2.26. The van der Waals surface area contributed by atoms with Gasteiger partial charge in [-0.3, -0.25) is 9.78 Å². The number of likely N-dealkylation sites (N-methyl/N-ethyl adjacent to an activating group) is 1. The summed E-state index contributed by atoms with van der Waals surface area (Å²) in [7, 11) is 0. The fraction of sp³-hybridized carbons (Fsp3) is 0.240. The smallest absolute Gasteiger partial charge is 0.228 e. The molecule has 0 saturated heterocycles. The van der Waals surface area contributed by atoms with E-state index in [4.69, 9.17) is 4.98 Å². The zero-order valence-corrected chi connectivity index (χ0v) is 17.7. The summed E-state index contributed by atoms with van der Waals surface area (Å²) in [5.41, 5.74) is 7.05. The lowest BCUT2D eigenvalue weighted by Gasteiger charge is -2.21. The molecular weight excluding hydrogens is 372 g/mol. The molecule has 3 aromatic heterocycles. The molecule has 152 valence electrons. The van der Waals surface area contributed by atoms with E-state index >= 15 is 0 Å². The van der Waals surface area contributed by atoms with Crippen LogP contribution in [0.25, 0.3) is 16.9 Å². The maximum Gasteiger partial charge on any atom is 0.228 e. The molecule has 5 nitrogen and oxygen atoms in total. The van der Waals surface area contributed by atoms with Gasteiger partial charge in [0.1, 0.15) is 5.65 Å². The molecule has 0 aliphatic rings. The van der Waals surface area contributed by atoms with Crippen molar-refractivity contribution in [3.05, 3.63) is 89.5 Å². The standard InChI is InChI=1S/C25H26N4O/c1-4-28(17-20-6-5-12-26-16-20)24(30)15-22-25(21-9-7-18(2)8-10-21)27-23-14-19(3)11-13-29(22)23/h5-14,16H,4,15,17H2,1-3H3. The van der Waals surface area contributed by atoms with Crippen LogP contribution in [0.4, 0.5) is 0 Å². The molecule has 5 heteroatoms. The quantitative estimate of drug-likeness (QED) is 0.477. The Hall–Kier alpha value is -3.47. The Morgan fingerprint density at radius 2 is 1.87 bits per heavy atom. The number of amides is 1. The van der Waals surface area contributed by atoms with E-state index in [1.165, 1.54) is 5.56 Å². The number of benzene rings is 1. The minimum absolute atomic E-state index is 0.0806. The van der Waals surface area contributed by atoms with Gasteiger partial charge in [-0.15, -0.1) is 0 Å². The van der Waals surface area contributed by atoms with Gasteiger partial charge in [-0.2, -0.15) is 0 Å². The molecule has 30 heavy (non-hydrogen) atoms. The molecule has 1 aromatic carbocycles. The summed E-state index contributed by atoms with van der Waals surface area (Å²) in [6, 6.07) is 16.3. The van der Waals surface area contributed by atoms with Gasteiger partial charge in [0.25, 0.3) is 0 Å². The molecule has 0 saturated carbocycles. The summed E-state index contributed by atoms with van der Waals surface area (Å²) in [6.45, 7) is 7.33. The molecule has 0 radical (unpaired) electrons. The first-order chi connectivity index (χ1) is 14.5. The van der Waals surface area contributed by atoms with Crippen LogP contribution < -0.4 is 0 Å². The summed E-state index contributed by atoms with van der Waals surface area (Å²) in [4.78, 5) is 24.2. The number of hydrogen-bond donors (Lipinski definition) is 0. The number of pyridine rings is 2. The lowest BCUT2D eigenvalue weighted by atomic mass is 10.1. The minimum Gasteiger partial charge on any atom is -0.338 e. The number of imidazole rings is 1. The monoisotopic (exact) mass is 398 g/mol. The number of aryl methyl sites for hydroxylation is 2. The van der Waals surface area contributed by atoms with Crippen LogP contribution in [-0.2, 0) is 17.8 Å². The first-order valence-corrected chi connectivity index (χ1v) is 10.3. The van der Waals surface area contributed by atoms with Crippen molar-refractivity contribution in [3.63, 3.8) is 0 Å². The Balaban J connectivity index is 1.70. The maximum atomic E-state index is 13.3. The van der Waals surface area contributed by atoms with Crippen molar-refractivity contribution in [2.24, 2.45) is 0 Å². The fourth-order valence-electron chi connectivity index (χ4n) is 3.65. The summed E-state index contributed by atoms with van der Waals surface area (Å²) >= 11 is 0. The van der Waals surface area contributed by atoms with Crippen LogP contribution >= 0.6 is 0 Å². The Labute approximate surface area is 177 Å². The maximum absolute atomic E-state index is 13.3.